The van der Waals surface area contributed by atoms with Crippen LogP contribution in [0.2, 0.25) is 0 Å². The number of hydrogen-bond donors (Lipinski definition) is 1. The van der Waals surface area contributed by atoms with E-state index in [1.165, 1.54) is 0 Å². The number of anilines is 1. The fourth-order valence-electron chi connectivity index (χ4n) is 2.33. The van der Waals surface area contributed by atoms with E-state index in [4.69, 9.17) is 0 Å². The zero-order chi connectivity index (χ0) is 17.1. The van der Waals surface area contributed by atoms with Crippen LogP contribution in [0.25, 0.3) is 0 Å². The summed E-state index contributed by atoms with van der Waals surface area (Å²) in [6.45, 7) is 1.86. The fourth-order valence-corrected chi connectivity index (χ4v) is 3.77. The standard InChI is InChI=1S/C18H16BrN3OS/c1-12-16(19)17(22(2)21-12)18(23)20-14-10-6-7-11-15(14)24-13-8-4-3-5-9-13/h3-11H,1-2H3,(H,20,23). The van der Waals surface area contributed by atoms with Crippen LogP contribution in [0.3, 0.4) is 0 Å². The van der Waals surface area contributed by atoms with Gasteiger partial charge in [-0.1, -0.05) is 42.1 Å². The van der Waals surface area contributed by atoms with Crippen molar-refractivity contribution >= 4 is 39.3 Å². The Morgan fingerprint density at radius 3 is 2.46 bits per heavy atom. The molecule has 0 saturated heterocycles. The number of para-hydroxylation sites is 1. The molecule has 0 bridgehead atoms. The van der Waals surface area contributed by atoms with Gasteiger partial charge in [-0.2, -0.15) is 5.10 Å². The second-order valence-corrected chi connectivity index (χ2v) is 7.15. The number of amides is 1. The van der Waals surface area contributed by atoms with Crippen molar-refractivity contribution < 1.29 is 4.79 Å². The molecular formula is C18H16BrN3OS. The molecule has 1 amide bonds. The van der Waals surface area contributed by atoms with Gasteiger partial charge in [-0.15, -0.1) is 0 Å². The van der Waals surface area contributed by atoms with Crippen LogP contribution in [-0.2, 0) is 7.05 Å². The summed E-state index contributed by atoms with van der Waals surface area (Å²) in [5, 5.41) is 7.26. The van der Waals surface area contributed by atoms with E-state index in [-0.39, 0.29) is 5.91 Å². The van der Waals surface area contributed by atoms with Gasteiger partial charge in [0.1, 0.15) is 5.69 Å². The highest BCUT2D eigenvalue weighted by molar-refractivity contribution is 9.10. The zero-order valence-electron chi connectivity index (χ0n) is 13.3. The van der Waals surface area contributed by atoms with E-state index in [1.54, 1.807) is 23.5 Å². The van der Waals surface area contributed by atoms with Gasteiger partial charge in [0, 0.05) is 16.8 Å². The van der Waals surface area contributed by atoms with E-state index in [1.807, 2.05) is 61.5 Å². The first-order valence-electron chi connectivity index (χ1n) is 7.38. The van der Waals surface area contributed by atoms with E-state index in [0.29, 0.717) is 5.69 Å². The first-order chi connectivity index (χ1) is 11.6. The molecule has 0 atom stereocenters. The highest BCUT2D eigenvalue weighted by Crippen LogP contribution is 2.33. The Labute approximate surface area is 153 Å². The lowest BCUT2D eigenvalue weighted by molar-refractivity contribution is 0.101. The lowest BCUT2D eigenvalue weighted by Gasteiger charge is -2.11. The van der Waals surface area contributed by atoms with Crippen LogP contribution in [-0.4, -0.2) is 15.7 Å². The predicted octanol–water partition coefficient (Wildman–Crippen LogP) is 4.89. The smallest absolute Gasteiger partial charge is 0.275 e. The van der Waals surface area contributed by atoms with Crippen LogP contribution < -0.4 is 5.32 Å². The molecule has 122 valence electrons. The summed E-state index contributed by atoms with van der Waals surface area (Å²) >= 11 is 5.05. The molecule has 0 aliphatic rings. The maximum Gasteiger partial charge on any atom is 0.275 e. The Balaban J connectivity index is 1.86. The molecule has 1 N–H and O–H groups in total. The van der Waals surface area contributed by atoms with Crippen molar-refractivity contribution in [1.82, 2.24) is 9.78 Å². The molecule has 0 unspecified atom stereocenters. The van der Waals surface area contributed by atoms with Crippen LogP contribution >= 0.6 is 27.7 Å². The van der Waals surface area contributed by atoms with Crippen LogP contribution in [0, 0.1) is 6.92 Å². The number of hydrogen-bond acceptors (Lipinski definition) is 3. The fraction of sp³-hybridized carbons (Fsp3) is 0.111. The third-order valence-electron chi connectivity index (χ3n) is 3.47. The van der Waals surface area contributed by atoms with E-state index in [9.17, 15) is 4.79 Å². The first-order valence-corrected chi connectivity index (χ1v) is 8.99. The number of carbonyl (C=O) groups excluding carboxylic acids is 1. The Bertz CT molecular complexity index is 877. The van der Waals surface area contributed by atoms with Crippen molar-refractivity contribution in [1.29, 1.82) is 0 Å². The number of halogens is 1. The molecule has 0 spiro atoms. The van der Waals surface area contributed by atoms with Gasteiger partial charge in [0.15, 0.2) is 0 Å². The molecular weight excluding hydrogens is 386 g/mol. The van der Waals surface area contributed by atoms with E-state index < -0.39 is 0 Å². The lowest BCUT2D eigenvalue weighted by Crippen LogP contribution is -2.17. The van der Waals surface area contributed by atoms with Crippen molar-refractivity contribution in [3.05, 3.63) is 70.5 Å². The van der Waals surface area contributed by atoms with Gasteiger partial charge in [-0.05, 0) is 47.1 Å². The summed E-state index contributed by atoms with van der Waals surface area (Å²) < 4.78 is 2.30. The molecule has 0 aliphatic heterocycles. The monoisotopic (exact) mass is 401 g/mol. The van der Waals surface area contributed by atoms with Crippen molar-refractivity contribution in [3.63, 3.8) is 0 Å². The molecule has 0 fully saturated rings. The third-order valence-corrected chi connectivity index (χ3v) is 5.50. The number of rotatable bonds is 4. The third kappa shape index (κ3) is 3.55. The topological polar surface area (TPSA) is 46.9 Å². The van der Waals surface area contributed by atoms with Crippen molar-refractivity contribution in [2.45, 2.75) is 16.7 Å². The number of aromatic nitrogens is 2. The Hall–Kier alpha value is -2.05. The van der Waals surface area contributed by atoms with Crippen LogP contribution in [0.1, 0.15) is 16.2 Å². The minimum Gasteiger partial charge on any atom is -0.320 e. The summed E-state index contributed by atoms with van der Waals surface area (Å²) in [5.74, 6) is -0.189. The normalized spacial score (nSPS) is 10.6. The van der Waals surface area contributed by atoms with Crippen LogP contribution in [0.15, 0.2) is 68.9 Å². The molecule has 0 radical (unpaired) electrons. The maximum atomic E-state index is 12.7. The molecule has 24 heavy (non-hydrogen) atoms. The van der Waals surface area contributed by atoms with Crippen molar-refractivity contribution in [2.75, 3.05) is 5.32 Å². The molecule has 0 aliphatic carbocycles. The average Bonchev–Trinajstić information content (AvgIpc) is 2.83. The predicted molar refractivity (Wildman–Crippen MR) is 101 cm³/mol. The molecule has 1 heterocycles. The van der Waals surface area contributed by atoms with Gasteiger partial charge in [0.25, 0.3) is 5.91 Å². The van der Waals surface area contributed by atoms with Gasteiger partial charge >= 0.3 is 0 Å². The average molecular weight is 402 g/mol. The molecule has 4 nitrogen and oxygen atoms in total. The van der Waals surface area contributed by atoms with E-state index >= 15 is 0 Å². The minimum atomic E-state index is -0.189. The largest absolute Gasteiger partial charge is 0.320 e. The maximum absolute atomic E-state index is 12.7. The summed E-state index contributed by atoms with van der Waals surface area (Å²) in [7, 11) is 1.76. The highest BCUT2D eigenvalue weighted by Gasteiger charge is 2.19. The van der Waals surface area contributed by atoms with Crippen molar-refractivity contribution in [3.8, 4) is 0 Å². The molecule has 6 heteroatoms. The molecule has 0 saturated carbocycles. The van der Waals surface area contributed by atoms with Gasteiger partial charge in [-0.3, -0.25) is 9.48 Å². The second kappa shape index (κ2) is 7.23. The Morgan fingerprint density at radius 2 is 1.79 bits per heavy atom. The molecule has 2 aromatic carbocycles. The zero-order valence-corrected chi connectivity index (χ0v) is 15.7. The summed E-state index contributed by atoms with van der Waals surface area (Å²) in [6, 6.07) is 17.9. The second-order valence-electron chi connectivity index (χ2n) is 5.24. The van der Waals surface area contributed by atoms with E-state index in [0.717, 1.165) is 25.6 Å². The Morgan fingerprint density at radius 1 is 1.12 bits per heavy atom. The molecule has 1 aromatic heterocycles. The molecule has 3 aromatic rings. The molecule has 3 rings (SSSR count). The summed E-state index contributed by atoms with van der Waals surface area (Å²) in [6.07, 6.45) is 0. The first kappa shape index (κ1) is 16.8. The van der Waals surface area contributed by atoms with Gasteiger partial charge in [0.2, 0.25) is 0 Å². The number of aryl methyl sites for hydroxylation is 2. The number of benzene rings is 2. The van der Waals surface area contributed by atoms with Crippen molar-refractivity contribution in [2.24, 2.45) is 7.05 Å². The summed E-state index contributed by atoms with van der Waals surface area (Å²) in [4.78, 5) is 14.8. The quantitative estimate of drug-likeness (QED) is 0.676. The van der Waals surface area contributed by atoms with Gasteiger partial charge in [0.05, 0.1) is 15.9 Å². The highest BCUT2D eigenvalue weighted by atomic mass is 79.9. The van der Waals surface area contributed by atoms with Crippen LogP contribution in [0.4, 0.5) is 5.69 Å². The summed E-state index contributed by atoms with van der Waals surface area (Å²) in [5.41, 5.74) is 2.07. The Kier molecular flexibility index (Phi) is 5.06. The minimum absolute atomic E-state index is 0.189. The SMILES string of the molecule is Cc1nn(C)c(C(=O)Nc2ccccc2Sc2ccccc2)c1Br. The van der Waals surface area contributed by atoms with Gasteiger partial charge < -0.3 is 5.32 Å². The number of nitrogens with one attached hydrogen (secondary N) is 1. The lowest BCUT2D eigenvalue weighted by atomic mass is 10.3. The van der Waals surface area contributed by atoms with Gasteiger partial charge in [-0.25, -0.2) is 0 Å². The number of nitrogens with zero attached hydrogens (tertiary/aromatic N) is 2. The van der Waals surface area contributed by atoms with E-state index in [2.05, 4.69) is 26.3 Å². The number of carbonyl (C=O) groups is 1. The van der Waals surface area contributed by atoms with Crippen LogP contribution in [0.5, 0.6) is 0 Å².